The van der Waals surface area contributed by atoms with Crippen molar-refractivity contribution >= 4 is 0 Å². The number of hydrogen-bond donors (Lipinski definition) is 1. The summed E-state index contributed by atoms with van der Waals surface area (Å²) in [5.41, 5.74) is 1.29. The SMILES string of the molecule is C=C(C)C(C)C(CC)NCCCCC. The van der Waals surface area contributed by atoms with Gasteiger partial charge in [0.05, 0.1) is 0 Å². The van der Waals surface area contributed by atoms with E-state index in [4.69, 9.17) is 0 Å². The lowest BCUT2D eigenvalue weighted by Crippen LogP contribution is -2.35. The van der Waals surface area contributed by atoms with E-state index in [-0.39, 0.29) is 0 Å². The molecule has 0 aromatic carbocycles. The van der Waals surface area contributed by atoms with Crippen LogP contribution in [0.3, 0.4) is 0 Å². The minimum absolute atomic E-state index is 0.599. The summed E-state index contributed by atoms with van der Waals surface area (Å²) in [6.07, 6.45) is 5.13. The molecule has 0 aliphatic rings. The van der Waals surface area contributed by atoms with Gasteiger partial charge in [-0.05, 0) is 32.2 Å². The van der Waals surface area contributed by atoms with Gasteiger partial charge < -0.3 is 5.32 Å². The van der Waals surface area contributed by atoms with Crippen LogP contribution in [0.5, 0.6) is 0 Å². The van der Waals surface area contributed by atoms with Gasteiger partial charge in [0.1, 0.15) is 0 Å². The summed E-state index contributed by atoms with van der Waals surface area (Å²) in [5, 5.41) is 3.62. The van der Waals surface area contributed by atoms with E-state index in [1.807, 2.05) is 0 Å². The maximum absolute atomic E-state index is 4.03. The van der Waals surface area contributed by atoms with Crippen molar-refractivity contribution in [3.63, 3.8) is 0 Å². The molecule has 1 heteroatoms. The van der Waals surface area contributed by atoms with Gasteiger partial charge in [-0.1, -0.05) is 45.8 Å². The quantitative estimate of drug-likeness (QED) is 0.461. The fourth-order valence-electron chi connectivity index (χ4n) is 1.68. The summed E-state index contributed by atoms with van der Waals surface area (Å²) in [6, 6.07) is 0.615. The smallest absolute Gasteiger partial charge is 0.0127 e. The Balaban J connectivity index is 3.73. The van der Waals surface area contributed by atoms with E-state index in [0.717, 1.165) is 6.54 Å². The Morgan fingerprint density at radius 1 is 1.29 bits per heavy atom. The number of rotatable bonds is 8. The molecule has 0 spiro atoms. The Labute approximate surface area is 90.0 Å². The Kier molecular flexibility index (Phi) is 7.87. The second kappa shape index (κ2) is 8.05. The molecule has 1 nitrogen and oxygen atoms in total. The van der Waals surface area contributed by atoms with Gasteiger partial charge in [0.2, 0.25) is 0 Å². The van der Waals surface area contributed by atoms with E-state index in [2.05, 4.69) is 39.6 Å². The molecule has 0 radical (unpaired) electrons. The highest BCUT2D eigenvalue weighted by Gasteiger charge is 2.14. The highest BCUT2D eigenvalue weighted by molar-refractivity contribution is 4.98. The Bertz CT molecular complexity index is 151. The van der Waals surface area contributed by atoms with Gasteiger partial charge in [-0.3, -0.25) is 0 Å². The molecule has 0 amide bonds. The van der Waals surface area contributed by atoms with Gasteiger partial charge in [0.25, 0.3) is 0 Å². The van der Waals surface area contributed by atoms with Crippen LogP contribution in [0.2, 0.25) is 0 Å². The highest BCUT2D eigenvalue weighted by atomic mass is 14.9. The zero-order valence-electron chi connectivity index (χ0n) is 10.4. The molecule has 14 heavy (non-hydrogen) atoms. The molecule has 0 heterocycles. The molecule has 84 valence electrons. The minimum atomic E-state index is 0.599. The summed E-state index contributed by atoms with van der Waals surface area (Å²) < 4.78 is 0. The topological polar surface area (TPSA) is 12.0 Å². The molecule has 2 atom stereocenters. The monoisotopic (exact) mass is 197 g/mol. The molecular weight excluding hydrogens is 170 g/mol. The molecule has 1 N–H and O–H groups in total. The van der Waals surface area contributed by atoms with Crippen LogP contribution in [0.1, 0.15) is 53.4 Å². The number of hydrogen-bond acceptors (Lipinski definition) is 1. The van der Waals surface area contributed by atoms with Crippen molar-refractivity contribution in [3.05, 3.63) is 12.2 Å². The van der Waals surface area contributed by atoms with Gasteiger partial charge in [0, 0.05) is 6.04 Å². The molecule has 0 saturated carbocycles. The lowest BCUT2D eigenvalue weighted by Gasteiger charge is -2.24. The molecule has 0 saturated heterocycles. The molecule has 0 bridgehead atoms. The van der Waals surface area contributed by atoms with Crippen molar-refractivity contribution in [2.45, 2.75) is 59.4 Å². The van der Waals surface area contributed by atoms with Gasteiger partial charge in [-0.2, -0.15) is 0 Å². The largest absolute Gasteiger partial charge is 0.313 e. The Morgan fingerprint density at radius 3 is 2.36 bits per heavy atom. The van der Waals surface area contributed by atoms with Crippen LogP contribution >= 0.6 is 0 Å². The Hall–Kier alpha value is -0.300. The average molecular weight is 197 g/mol. The predicted octanol–water partition coefficient (Wildman–Crippen LogP) is 3.76. The summed E-state index contributed by atoms with van der Waals surface area (Å²) in [4.78, 5) is 0. The predicted molar refractivity (Wildman–Crippen MR) is 65.6 cm³/mol. The molecule has 2 unspecified atom stereocenters. The van der Waals surface area contributed by atoms with E-state index >= 15 is 0 Å². The first-order valence-corrected chi connectivity index (χ1v) is 6.02. The van der Waals surface area contributed by atoms with Crippen molar-refractivity contribution < 1.29 is 0 Å². The molecular formula is C13H27N. The third-order valence-corrected chi connectivity index (χ3v) is 3.01. The standard InChI is InChI=1S/C13H27N/c1-6-8-9-10-14-13(7-2)12(5)11(3)4/h12-14H,3,6-10H2,1-2,4-5H3. The third kappa shape index (κ3) is 5.43. The maximum atomic E-state index is 4.03. The van der Waals surface area contributed by atoms with E-state index in [9.17, 15) is 0 Å². The third-order valence-electron chi connectivity index (χ3n) is 3.01. The number of nitrogens with one attached hydrogen (secondary N) is 1. The van der Waals surface area contributed by atoms with Crippen molar-refractivity contribution in [2.24, 2.45) is 5.92 Å². The zero-order valence-corrected chi connectivity index (χ0v) is 10.4. The number of unbranched alkanes of at least 4 members (excludes halogenated alkanes) is 2. The molecule has 0 aliphatic carbocycles. The maximum Gasteiger partial charge on any atom is 0.0127 e. The molecule has 0 rings (SSSR count). The molecule has 0 aromatic rings. The minimum Gasteiger partial charge on any atom is -0.313 e. The highest BCUT2D eigenvalue weighted by Crippen LogP contribution is 2.14. The van der Waals surface area contributed by atoms with Crippen LogP contribution < -0.4 is 5.32 Å². The Morgan fingerprint density at radius 2 is 1.93 bits per heavy atom. The normalized spacial score (nSPS) is 15.1. The second-order valence-electron chi connectivity index (χ2n) is 4.31. The van der Waals surface area contributed by atoms with Crippen LogP contribution in [0.15, 0.2) is 12.2 Å². The van der Waals surface area contributed by atoms with E-state index < -0.39 is 0 Å². The van der Waals surface area contributed by atoms with Crippen molar-refractivity contribution in [1.82, 2.24) is 5.32 Å². The summed E-state index contributed by atoms with van der Waals surface area (Å²) in [5.74, 6) is 0.599. The summed E-state index contributed by atoms with van der Waals surface area (Å²) >= 11 is 0. The first-order chi connectivity index (χ1) is 6.63. The fraction of sp³-hybridized carbons (Fsp3) is 0.846. The zero-order chi connectivity index (χ0) is 11.0. The fourth-order valence-corrected chi connectivity index (χ4v) is 1.68. The van der Waals surface area contributed by atoms with Crippen molar-refractivity contribution in [2.75, 3.05) is 6.54 Å². The van der Waals surface area contributed by atoms with Gasteiger partial charge in [0.15, 0.2) is 0 Å². The molecule has 0 fully saturated rings. The molecule has 0 aliphatic heterocycles. The first kappa shape index (κ1) is 13.7. The van der Waals surface area contributed by atoms with Gasteiger partial charge in [-0.25, -0.2) is 0 Å². The van der Waals surface area contributed by atoms with Crippen molar-refractivity contribution in [3.8, 4) is 0 Å². The summed E-state index contributed by atoms with van der Waals surface area (Å²) in [6.45, 7) is 14.1. The van der Waals surface area contributed by atoms with Crippen LogP contribution in [0, 0.1) is 5.92 Å². The first-order valence-electron chi connectivity index (χ1n) is 6.02. The average Bonchev–Trinajstić information content (AvgIpc) is 2.17. The van der Waals surface area contributed by atoms with Crippen LogP contribution in [-0.4, -0.2) is 12.6 Å². The van der Waals surface area contributed by atoms with Gasteiger partial charge in [-0.15, -0.1) is 0 Å². The van der Waals surface area contributed by atoms with E-state index in [0.29, 0.717) is 12.0 Å². The molecule has 0 aromatic heterocycles. The van der Waals surface area contributed by atoms with Gasteiger partial charge >= 0.3 is 0 Å². The van der Waals surface area contributed by atoms with E-state index in [1.54, 1.807) is 0 Å². The van der Waals surface area contributed by atoms with Crippen molar-refractivity contribution in [1.29, 1.82) is 0 Å². The lowest BCUT2D eigenvalue weighted by molar-refractivity contribution is 0.400. The lowest BCUT2D eigenvalue weighted by atomic mass is 9.93. The van der Waals surface area contributed by atoms with E-state index in [1.165, 1.54) is 31.3 Å². The van der Waals surface area contributed by atoms with Crippen LogP contribution in [0.4, 0.5) is 0 Å². The van der Waals surface area contributed by atoms with Crippen LogP contribution in [0.25, 0.3) is 0 Å². The summed E-state index contributed by atoms with van der Waals surface area (Å²) in [7, 11) is 0. The second-order valence-corrected chi connectivity index (χ2v) is 4.31. The van der Waals surface area contributed by atoms with Crippen LogP contribution in [-0.2, 0) is 0 Å².